The number of nitrogens with two attached hydrogens (primary N) is 1. The lowest BCUT2D eigenvalue weighted by Crippen LogP contribution is -2.23. The van der Waals surface area contributed by atoms with Gasteiger partial charge in [-0.25, -0.2) is 4.79 Å². The highest BCUT2D eigenvalue weighted by atomic mass is 16.4. The van der Waals surface area contributed by atoms with Gasteiger partial charge in [0.1, 0.15) is 11.3 Å². The van der Waals surface area contributed by atoms with Crippen LogP contribution in [-0.4, -0.2) is 28.1 Å². The zero-order valence-electron chi connectivity index (χ0n) is 9.30. The van der Waals surface area contributed by atoms with Crippen molar-refractivity contribution in [2.24, 2.45) is 5.73 Å². The molecule has 1 aromatic carbocycles. The van der Waals surface area contributed by atoms with E-state index in [0.29, 0.717) is 5.69 Å². The summed E-state index contributed by atoms with van der Waals surface area (Å²) in [6.45, 7) is 1.70. The second-order valence-electron chi connectivity index (χ2n) is 3.77. The Morgan fingerprint density at radius 3 is 2.59 bits per heavy atom. The Morgan fingerprint density at radius 2 is 2.12 bits per heavy atom. The van der Waals surface area contributed by atoms with Gasteiger partial charge in [-0.3, -0.25) is 4.79 Å². The van der Waals surface area contributed by atoms with Crippen LogP contribution >= 0.6 is 0 Å². The molecule has 0 fully saturated rings. The van der Waals surface area contributed by atoms with Gasteiger partial charge in [0.15, 0.2) is 0 Å². The van der Waals surface area contributed by atoms with Gasteiger partial charge in [-0.15, -0.1) is 0 Å². The fourth-order valence-electron chi connectivity index (χ4n) is 1.29. The third-order valence-corrected chi connectivity index (χ3v) is 2.02. The summed E-state index contributed by atoms with van der Waals surface area (Å²) in [5.41, 5.74) is 5.57. The van der Waals surface area contributed by atoms with Crippen LogP contribution in [0.1, 0.15) is 23.7 Å². The van der Waals surface area contributed by atoms with E-state index in [9.17, 15) is 14.7 Å². The van der Waals surface area contributed by atoms with E-state index in [-0.39, 0.29) is 23.9 Å². The van der Waals surface area contributed by atoms with E-state index < -0.39 is 11.7 Å². The maximum Gasteiger partial charge on any atom is 0.339 e. The van der Waals surface area contributed by atoms with Crippen molar-refractivity contribution in [1.29, 1.82) is 0 Å². The van der Waals surface area contributed by atoms with E-state index >= 15 is 0 Å². The highest BCUT2D eigenvalue weighted by molar-refractivity contribution is 5.94. The summed E-state index contributed by atoms with van der Waals surface area (Å²) in [6.07, 6.45) is 0.154. The van der Waals surface area contributed by atoms with Gasteiger partial charge in [-0.2, -0.15) is 0 Å². The summed E-state index contributed by atoms with van der Waals surface area (Å²) in [6, 6.07) is 3.55. The van der Waals surface area contributed by atoms with Gasteiger partial charge in [-0.1, -0.05) is 0 Å². The van der Waals surface area contributed by atoms with Crippen LogP contribution in [0.25, 0.3) is 0 Å². The first-order chi connectivity index (χ1) is 7.90. The number of aromatic hydroxyl groups is 1. The molecule has 17 heavy (non-hydrogen) atoms. The second-order valence-corrected chi connectivity index (χ2v) is 3.77. The number of carboxylic acid groups (broad SMARTS) is 1. The first-order valence-electron chi connectivity index (χ1n) is 5.02. The van der Waals surface area contributed by atoms with Gasteiger partial charge in [0.05, 0.1) is 0 Å². The number of rotatable bonds is 4. The van der Waals surface area contributed by atoms with Crippen LogP contribution < -0.4 is 11.1 Å². The smallest absolute Gasteiger partial charge is 0.339 e. The minimum atomic E-state index is -1.23. The van der Waals surface area contributed by atoms with Gasteiger partial charge in [0, 0.05) is 24.2 Å². The van der Waals surface area contributed by atoms with Crippen LogP contribution in [0.4, 0.5) is 5.69 Å². The first kappa shape index (κ1) is 13.0. The molecule has 5 N–H and O–H groups in total. The van der Waals surface area contributed by atoms with Crippen molar-refractivity contribution in [1.82, 2.24) is 0 Å². The molecule has 0 spiro atoms. The molecule has 1 amide bonds. The number of carboxylic acids is 1. The third kappa shape index (κ3) is 3.76. The van der Waals surface area contributed by atoms with Crippen molar-refractivity contribution in [3.05, 3.63) is 23.8 Å². The van der Waals surface area contributed by atoms with E-state index in [1.54, 1.807) is 6.92 Å². The Morgan fingerprint density at radius 1 is 1.47 bits per heavy atom. The number of amides is 1. The first-order valence-corrected chi connectivity index (χ1v) is 5.02. The molecule has 92 valence electrons. The minimum Gasteiger partial charge on any atom is -0.507 e. The molecular weight excluding hydrogens is 224 g/mol. The molecule has 1 unspecified atom stereocenters. The number of carbonyl (C=O) groups excluding carboxylic acids is 1. The lowest BCUT2D eigenvalue weighted by Gasteiger charge is -2.08. The predicted octanol–water partition coefficient (Wildman–Crippen LogP) is 0.766. The maximum absolute atomic E-state index is 11.4. The summed E-state index contributed by atoms with van der Waals surface area (Å²) in [7, 11) is 0. The van der Waals surface area contributed by atoms with Gasteiger partial charge < -0.3 is 21.3 Å². The van der Waals surface area contributed by atoms with Crippen LogP contribution in [0.3, 0.4) is 0 Å². The van der Waals surface area contributed by atoms with Crippen LogP contribution in [0.15, 0.2) is 18.2 Å². The maximum atomic E-state index is 11.4. The van der Waals surface area contributed by atoms with Crippen molar-refractivity contribution < 1.29 is 19.8 Å². The zero-order valence-corrected chi connectivity index (χ0v) is 9.30. The Labute approximate surface area is 98.1 Å². The molecular formula is C11H14N2O4. The largest absolute Gasteiger partial charge is 0.507 e. The molecule has 0 radical (unpaired) electrons. The molecule has 0 aliphatic rings. The van der Waals surface area contributed by atoms with Crippen LogP contribution in [0, 0.1) is 0 Å². The monoisotopic (exact) mass is 238 g/mol. The molecule has 1 atom stereocenters. The average molecular weight is 238 g/mol. The fourth-order valence-corrected chi connectivity index (χ4v) is 1.29. The molecule has 6 heteroatoms. The molecule has 0 bridgehead atoms. The number of nitrogens with one attached hydrogen (secondary N) is 1. The molecule has 0 aliphatic carbocycles. The number of aromatic carboxylic acids is 1. The van der Waals surface area contributed by atoms with E-state index in [1.807, 2.05) is 0 Å². The molecule has 0 aliphatic heterocycles. The molecule has 6 nitrogen and oxygen atoms in total. The van der Waals surface area contributed by atoms with Crippen molar-refractivity contribution in [2.75, 3.05) is 5.32 Å². The van der Waals surface area contributed by atoms with Crippen molar-refractivity contribution in [3.63, 3.8) is 0 Å². The SMILES string of the molecule is CC(N)CC(=O)Nc1ccc(C(=O)O)c(O)c1. The Balaban J connectivity index is 2.77. The summed E-state index contributed by atoms with van der Waals surface area (Å²) >= 11 is 0. The number of hydrogen-bond acceptors (Lipinski definition) is 4. The molecule has 0 saturated heterocycles. The van der Waals surface area contributed by atoms with Gasteiger partial charge >= 0.3 is 5.97 Å². The summed E-state index contributed by atoms with van der Waals surface area (Å²) in [4.78, 5) is 22.0. The van der Waals surface area contributed by atoms with Crippen LogP contribution in [-0.2, 0) is 4.79 Å². The minimum absolute atomic E-state index is 0.154. The van der Waals surface area contributed by atoms with Gasteiger partial charge in [0.2, 0.25) is 5.91 Å². The molecule has 0 heterocycles. The average Bonchev–Trinajstić information content (AvgIpc) is 2.15. The molecule has 1 aromatic rings. The standard InChI is InChI=1S/C11H14N2O4/c1-6(12)4-10(15)13-7-2-3-8(11(16)17)9(14)5-7/h2-3,5-6,14H,4,12H2,1H3,(H,13,15)(H,16,17). The molecule has 0 aromatic heterocycles. The zero-order chi connectivity index (χ0) is 13.0. The summed E-state index contributed by atoms with van der Waals surface area (Å²) in [5, 5.41) is 20.6. The highest BCUT2D eigenvalue weighted by Crippen LogP contribution is 2.21. The second kappa shape index (κ2) is 5.31. The number of hydrogen-bond donors (Lipinski definition) is 4. The number of carbonyl (C=O) groups is 2. The predicted molar refractivity (Wildman–Crippen MR) is 62.0 cm³/mol. The Bertz CT molecular complexity index is 443. The summed E-state index contributed by atoms with van der Waals surface area (Å²) in [5.74, 6) is -1.91. The Kier molecular flexibility index (Phi) is 4.06. The lowest BCUT2D eigenvalue weighted by molar-refractivity contribution is -0.116. The van der Waals surface area contributed by atoms with Gasteiger partial charge in [-0.05, 0) is 19.1 Å². The van der Waals surface area contributed by atoms with E-state index in [1.165, 1.54) is 18.2 Å². The van der Waals surface area contributed by atoms with Crippen molar-refractivity contribution in [2.45, 2.75) is 19.4 Å². The van der Waals surface area contributed by atoms with Gasteiger partial charge in [0.25, 0.3) is 0 Å². The summed E-state index contributed by atoms with van der Waals surface area (Å²) < 4.78 is 0. The van der Waals surface area contributed by atoms with Crippen molar-refractivity contribution in [3.8, 4) is 5.75 Å². The number of benzene rings is 1. The highest BCUT2D eigenvalue weighted by Gasteiger charge is 2.11. The third-order valence-electron chi connectivity index (χ3n) is 2.02. The number of phenols is 1. The van der Waals surface area contributed by atoms with E-state index in [0.717, 1.165) is 0 Å². The van der Waals surface area contributed by atoms with Crippen molar-refractivity contribution >= 4 is 17.6 Å². The van der Waals surface area contributed by atoms with Crippen LogP contribution in [0.5, 0.6) is 5.75 Å². The normalized spacial score (nSPS) is 11.9. The molecule has 0 saturated carbocycles. The van der Waals surface area contributed by atoms with E-state index in [4.69, 9.17) is 10.8 Å². The lowest BCUT2D eigenvalue weighted by atomic mass is 10.1. The van der Waals surface area contributed by atoms with E-state index in [2.05, 4.69) is 5.32 Å². The Hall–Kier alpha value is -2.08. The fraction of sp³-hybridized carbons (Fsp3) is 0.273. The topological polar surface area (TPSA) is 113 Å². The number of anilines is 1. The molecule has 1 rings (SSSR count). The quantitative estimate of drug-likeness (QED) is 0.618. The van der Waals surface area contributed by atoms with Crippen LogP contribution in [0.2, 0.25) is 0 Å².